The lowest BCUT2D eigenvalue weighted by Gasteiger charge is -1.93. The fraction of sp³-hybridized carbons (Fsp3) is 0.200. The molecule has 0 saturated heterocycles. The van der Waals surface area contributed by atoms with Crippen LogP contribution in [0.25, 0.3) is 0 Å². The van der Waals surface area contributed by atoms with Crippen LogP contribution in [0.5, 0.6) is 0 Å². The van der Waals surface area contributed by atoms with E-state index < -0.39 is 0 Å². The van der Waals surface area contributed by atoms with Crippen molar-refractivity contribution in [3.8, 4) is 0 Å². The van der Waals surface area contributed by atoms with Gasteiger partial charge in [0.2, 0.25) is 0 Å². The van der Waals surface area contributed by atoms with E-state index in [1.807, 2.05) is 0 Å². The molecular formula is C5H7BO. The van der Waals surface area contributed by atoms with Gasteiger partial charge >= 0.3 is 8.05 Å². The van der Waals surface area contributed by atoms with Gasteiger partial charge in [0.05, 0.1) is 5.76 Å². The van der Waals surface area contributed by atoms with Gasteiger partial charge in [-0.3, -0.25) is 0 Å². The van der Waals surface area contributed by atoms with E-state index in [-0.39, 0.29) is 0 Å². The molecule has 1 nitrogen and oxygen atoms in total. The second-order valence-corrected chi connectivity index (χ2v) is 1.13. The van der Waals surface area contributed by atoms with E-state index in [1.54, 1.807) is 19.1 Å². The van der Waals surface area contributed by atoms with Gasteiger partial charge in [-0.15, -0.1) is 0 Å². The number of allylic oxidation sites excluding steroid dienone is 3. The number of hydrogen-bond donors (Lipinski definition) is 0. The summed E-state index contributed by atoms with van der Waals surface area (Å²) in [7, 11) is 4.74. The summed E-state index contributed by atoms with van der Waals surface area (Å²) in [4.78, 5) is 0. The molecule has 0 aromatic rings. The van der Waals surface area contributed by atoms with E-state index in [0.717, 1.165) is 0 Å². The monoisotopic (exact) mass is 94.1 g/mol. The summed E-state index contributed by atoms with van der Waals surface area (Å²) in [5.41, 5.74) is 0. The zero-order chi connectivity index (χ0) is 5.70. The Morgan fingerprint density at radius 2 is 2.43 bits per heavy atom. The third-order valence-corrected chi connectivity index (χ3v) is 0.538. The Morgan fingerprint density at radius 3 is 2.57 bits per heavy atom. The van der Waals surface area contributed by atoms with E-state index >= 15 is 0 Å². The molecule has 36 valence electrons. The fourth-order valence-electron chi connectivity index (χ4n) is 0.205. The number of hydrogen-bond acceptors (Lipinski definition) is 1. The summed E-state index contributed by atoms with van der Waals surface area (Å²) in [5.74, 6) is 0.662. The standard InChI is InChI=1S/C5H7BO/c1-3-4-5(2)7-6/h3-4H,1H2,2H3/b5-4+. The molecule has 7 heavy (non-hydrogen) atoms. The molecule has 0 aliphatic rings. The zero-order valence-electron chi connectivity index (χ0n) is 4.35. The maximum atomic E-state index is 4.74. The van der Waals surface area contributed by atoms with Gasteiger partial charge in [0.1, 0.15) is 0 Å². The molecule has 0 heterocycles. The third-order valence-electron chi connectivity index (χ3n) is 0.538. The first-order valence-corrected chi connectivity index (χ1v) is 1.97. The van der Waals surface area contributed by atoms with Crippen molar-refractivity contribution in [2.75, 3.05) is 0 Å². The van der Waals surface area contributed by atoms with Crippen molar-refractivity contribution in [3.63, 3.8) is 0 Å². The Kier molecular flexibility index (Phi) is 3.20. The molecule has 0 spiro atoms. The lowest BCUT2D eigenvalue weighted by molar-refractivity contribution is 0.473. The molecule has 0 aliphatic heterocycles. The highest BCUT2D eigenvalue weighted by Crippen LogP contribution is 1.88. The molecule has 0 fully saturated rings. The van der Waals surface area contributed by atoms with Crippen LogP contribution in [-0.2, 0) is 4.65 Å². The van der Waals surface area contributed by atoms with Crippen LogP contribution in [0, 0.1) is 0 Å². The summed E-state index contributed by atoms with van der Waals surface area (Å²) in [6.45, 7) is 5.19. The average molecular weight is 93.9 g/mol. The Bertz CT molecular complexity index is 86.1. The van der Waals surface area contributed by atoms with Crippen LogP contribution in [0.4, 0.5) is 0 Å². The molecule has 0 aliphatic carbocycles. The molecule has 0 aromatic carbocycles. The van der Waals surface area contributed by atoms with Gasteiger partial charge in [0.25, 0.3) is 0 Å². The third kappa shape index (κ3) is 3.17. The summed E-state index contributed by atoms with van der Waals surface area (Å²) in [6, 6.07) is 0. The van der Waals surface area contributed by atoms with Crippen LogP contribution in [0.2, 0.25) is 0 Å². The van der Waals surface area contributed by atoms with Crippen LogP contribution in [0.3, 0.4) is 0 Å². The first-order chi connectivity index (χ1) is 3.31. The minimum atomic E-state index is 0.662. The van der Waals surface area contributed by atoms with Crippen LogP contribution >= 0.6 is 0 Å². The van der Waals surface area contributed by atoms with Crippen molar-refractivity contribution in [2.45, 2.75) is 6.92 Å². The van der Waals surface area contributed by atoms with Crippen LogP contribution in [-0.4, -0.2) is 8.05 Å². The Balaban J connectivity index is 3.49. The van der Waals surface area contributed by atoms with Gasteiger partial charge in [-0.2, -0.15) is 0 Å². The normalized spacial score (nSPS) is 10.7. The van der Waals surface area contributed by atoms with Crippen LogP contribution in [0.15, 0.2) is 24.5 Å². The molecule has 0 atom stereocenters. The summed E-state index contributed by atoms with van der Waals surface area (Å²) >= 11 is 0. The first-order valence-electron chi connectivity index (χ1n) is 1.97. The first kappa shape index (κ1) is 6.34. The van der Waals surface area contributed by atoms with Gasteiger partial charge in [-0.25, -0.2) is 0 Å². The highest BCUT2D eigenvalue weighted by Gasteiger charge is 1.74. The summed E-state index contributed by atoms with van der Waals surface area (Å²) < 4.78 is 4.28. The fourth-order valence-corrected chi connectivity index (χ4v) is 0.205. The van der Waals surface area contributed by atoms with Crippen molar-refractivity contribution in [1.29, 1.82) is 0 Å². The molecule has 0 aromatic heterocycles. The second kappa shape index (κ2) is 3.53. The van der Waals surface area contributed by atoms with Crippen molar-refractivity contribution in [1.82, 2.24) is 0 Å². The predicted molar refractivity (Wildman–Crippen MR) is 30.8 cm³/mol. The molecule has 0 rings (SSSR count). The maximum Gasteiger partial charge on any atom is 0.373 e. The van der Waals surface area contributed by atoms with Crippen molar-refractivity contribution in [3.05, 3.63) is 24.5 Å². The molecule has 0 amide bonds. The smallest absolute Gasteiger partial charge is 0.373 e. The van der Waals surface area contributed by atoms with Crippen LogP contribution < -0.4 is 0 Å². The molecule has 0 unspecified atom stereocenters. The molecular weight excluding hydrogens is 86.9 g/mol. The number of rotatable bonds is 2. The highest BCUT2D eigenvalue weighted by atomic mass is 16.4. The average Bonchev–Trinajstić information content (AvgIpc) is 1.68. The molecule has 2 radical (unpaired) electrons. The van der Waals surface area contributed by atoms with E-state index in [4.69, 9.17) is 8.05 Å². The topological polar surface area (TPSA) is 9.23 Å². The largest absolute Gasteiger partial charge is 0.571 e. The van der Waals surface area contributed by atoms with Crippen molar-refractivity contribution in [2.24, 2.45) is 0 Å². The van der Waals surface area contributed by atoms with Gasteiger partial charge < -0.3 is 4.65 Å². The van der Waals surface area contributed by atoms with E-state index in [0.29, 0.717) is 5.76 Å². The SMILES string of the molecule is [B]O/C(C)=C/C=C. The van der Waals surface area contributed by atoms with Gasteiger partial charge in [0.15, 0.2) is 0 Å². The second-order valence-electron chi connectivity index (χ2n) is 1.13. The van der Waals surface area contributed by atoms with Crippen LogP contribution in [0.1, 0.15) is 6.92 Å². The molecule has 0 N–H and O–H groups in total. The van der Waals surface area contributed by atoms with E-state index in [2.05, 4.69) is 11.2 Å². The Morgan fingerprint density at radius 1 is 1.86 bits per heavy atom. The molecule has 0 saturated carbocycles. The van der Waals surface area contributed by atoms with Gasteiger partial charge in [-0.05, 0) is 13.0 Å². The lowest BCUT2D eigenvalue weighted by Crippen LogP contribution is -1.77. The minimum Gasteiger partial charge on any atom is -0.571 e. The quantitative estimate of drug-likeness (QED) is 0.283. The predicted octanol–water partition coefficient (Wildman–Crippen LogP) is 1.18. The molecule has 0 bridgehead atoms. The van der Waals surface area contributed by atoms with Crippen molar-refractivity contribution >= 4 is 8.05 Å². The maximum absolute atomic E-state index is 4.74. The molecule has 2 heteroatoms. The zero-order valence-corrected chi connectivity index (χ0v) is 4.35. The Labute approximate surface area is 45.1 Å². The lowest BCUT2D eigenvalue weighted by atomic mass is 10.4. The summed E-state index contributed by atoms with van der Waals surface area (Å²) in [6.07, 6.45) is 3.29. The minimum absolute atomic E-state index is 0.662. The summed E-state index contributed by atoms with van der Waals surface area (Å²) in [5, 5.41) is 0. The Hall–Kier alpha value is -0.655. The van der Waals surface area contributed by atoms with Gasteiger partial charge in [0, 0.05) is 0 Å². The van der Waals surface area contributed by atoms with E-state index in [1.165, 1.54) is 0 Å². The highest BCUT2D eigenvalue weighted by molar-refractivity contribution is 5.98. The van der Waals surface area contributed by atoms with Crippen molar-refractivity contribution < 1.29 is 4.65 Å². The van der Waals surface area contributed by atoms with E-state index in [9.17, 15) is 0 Å². The van der Waals surface area contributed by atoms with Gasteiger partial charge in [-0.1, -0.05) is 12.7 Å².